The zero-order valence-corrected chi connectivity index (χ0v) is 23.7. The van der Waals surface area contributed by atoms with Crippen molar-refractivity contribution >= 4 is 17.2 Å². The molecule has 5 aromatic rings. The number of hydrogen-bond donors (Lipinski definition) is 0. The van der Waals surface area contributed by atoms with Gasteiger partial charge in [-0.1, -0.05) is 134 Å². The molecule has 0 amide bonds. The molecule has 200 valence electrons. The average Bonchev–Trinajstić information content (AvgIpc) is 3.87. The lowest BCUT2D eigenvalue weighted by Crippen LogP contribution is -2.04. The Morgan fingerprint density at radius 3 is 1.83 bits per heavy atom. The summed E-state index contributed by atoms with van der Waals surface area (Å²) in [6, 6.07) is 44.5. The van der Waals surface area contributed by atoms with Crippen molar-refractivity contribution in [2.75, 3.05) is 0 Å². The van der Waals surface area contributed by atoms with Crippen LogP contribution >= 0.6 is 0 Å². The van der Waals surface area contributed by atoms with E-state index >= 15 is 0 Å². The van der Waals surface area contributed by atoms with Crippen LogP contribution in [0.1, 0.15) is 53.5 Å². The lowest BCUT2D eigenvalue weighted by atomic mass is 9.87. The minimum atomic E-state index is 0.616. The summed E-state index contributed by atoms with van der Waals surface area (Å²) in [6.45, 7) is 8.50. The van der Waals surface area contributed by atoms with Crippen molar-refractivity contribution in [1.82, 2.24) is 0 Å². The molecule has 5 aromatic carbocycles. The summed E-state index contributed by atoms with van der Waals surface area (Å²) < 4.78 is 0. The molecular weight excluding hydrogens is 496 g/mol. The number of nitrogens with zero attached hydrogens (tertiary/aromatic N) is 2. The zero-order chi connectivity index (χ0) is 28.2. The summed E-state index contributed by atoms with van der Waals surface area (Å²) in [5.41, 5.74) is 12.6. The fourth-order valence-electron chi connectivity index (χ4n) is 5.42. The van der Waals surface area contributed by atoms with Gasteiger partial charge in [-0.05, 0) is 77.1 Å². The van der Waals surface area contributed by atoms with E-state index < -0.39 is 0 Å². The van der Waals surface area contributed by atoms with Gasteiger partial charge in [0.2, 0.25) is 0 Å². The summed E-state index contributed by atoms with van der Waals surface area (Å²) in [5.74, 6) is 1.27. The van der Waals surface area contributed by atoms with E-state index in [2.05, 4.69) is 92.4 Å². The molecule has 6 rings (SSSR count). The first-order chi connectivity index (χ1) is 20.1. The van der Waals surface area contributed by atoms with Crippen LogP contribution < -0.4 is 0 Å². The standard InChI is InChI=1S/C39H34N2/c1-27-13-10-11-18-35(27)37-20-12-19-36(38(37)33-23-24-33)32-21-25-34(26-22-32)39(40-28(2)30-14-6-4-7-15-30)41-29(3)31-16-8-5-9-17-31/h4-22,25-26,33H,2,23-24H2,1,3H3. The van der Waals surface area contributed by atoms with Crippen molar-refractivity contribution in [1.29, 1.82) is 0 Å². The fraction of sp³-hybridized carbons (Fsp3) is 0.128. The Bertz CT molecular complexity index is 1740. The fourth-order valence-corrected chi connectivity index (χ4v) is 5.42. The largest absolute Gasteiger partial charge is 0.233 e. The molecule has 2 heteroatoms. The van der Waals surface area contributed by atoms with Crippen molar-refractivity contribution in [2.45, 2.75) is 32.6 Å². The topological polar surface area (TPSA) is 24.7 Å². The second kappa shape index (κ2) is 11.7. The molecule has 0 unspecified atom stereocenters. The van der Waals surface area contributed by atoms with E-state index in [1.165, 1.54) is 46.2 Å². The van der Waals surface area contributed by atoms with Crippen LogP contribution in [0.5, 0.6) is 0 Å². The quantitative estimate of drug-likeness (QED) is 0.148. The summed E-state index contributed by atoms with van der Waals surface area (Å²) in [6.07, 6.45) is 2.50. The molecule has 41 heavy (non-hydrogen) atoms. The Balaban J connectivity index is 1.41. The van der Waals surface area contributed by atoms with Crippen molar-refractivity contribution < 1.29 is 0 Å². The van der Waals surface area contributed by atoms with Gasteiger partial charge in [-0.25, -0.2) is 9.98 Å². The third-order valence-electron chi connectivity index (χ3n) is 7.79. The van der Waals surface area contributed by atoms with Gasteiger partial charge >= 0.3 is 0 Å². The molecule has 1 saturated carbocycles. The number of hydrogen-bond acceptors (Lipinski definition) is 1. The first kappa shape index (κ1) is 26.4. The predicted octanol–water partition coefficient (Wildman–Crippen LogP) is 10.1. The molecule has 0 heterocycles. The highest BCUT2D eigenvalue weighted by Gasteiger charge is 2.29. The van der Waals surface area contributed by atoms with Crippen LogP contribution in [-0.2, 0) is 0 Å². The second-order valence-corrected chi connectivity index (χ2v) is 10.7. The van der Waals surface area contributed by atoms with Crippen LogP contribution in [0.4, 0.5) is 0 Å². The van der Waals surface area contributed by atoms with Gasteiger partial charge in [0.25, 0.3) is 0 Å². The Morgan fingerprint density at radius 1 is 0.585 bits per heavy atom. The Morgan fingerprint density at radius 2 is 1.17 bits per heavy atom. The van der Waals surface area contributed by atoms with Gasteiger partial charge in [-0.3, -0.25) is 0 Å². The highest BCUT2D eigenvalue weighted by molar-refractivity contribution is 6.12. The molecule has 1 aliphatic rings. The Labute approximate surface area is 243 Å². The molecule has 0 saturated heterocycles. The lowest BCUT2D eigenvalue weighted by Gasteiger charge is -2.17. The smallest absolute Gasteiger partial charge is 0.160 e. The molecule has 0 atom stereocenters. The van der Waals surface area contributed by atoms with E-state index in [0.29, 0.717) is 17.5 Å². The maximum atomic E-state index is 5.01. The van der Waals surface area contributed by atoms with E-state index in [9.17, 15) is 0 Å². The van der Waals surface area contributed by atoms with E-state index in [1.807, 2.05) is 55.5 Å². The van der Waals surface area contributed by atoms with Gasteiger partial charge in [0.05, 0.1) is 5.70 Å². The van der Waals surface area contributed by atoms with E-state index in [4.69, 9.17) is 9.98 Å². The van der Waals surface area contributed by atoms with Gasteiger partial charge in [0.15, 0.2) is 5.84 Å². The molecule has 0 bridgehead atoms. The minimum Gasteiger partial charge on any atom is -0.233 e. The SMILES string of the molecule is C=C(N=C(N=C(C)c1ccccc1)c1ccc(-c2cccc(-c3ccccc3C)c2C2CC2)cc1)c1ccccc1. The first-order valence-electron chi connectivity index (χ1n) is 14.3. The number of aliphatic imine (C=N–C) groups is 2. The van der Waals surface area contributed by atoms with Crippen LogP contribution in [0.3, 0.4) is 0 Å². The summed E-state index contributed by atoms with van der Waals surface area (Å²) in [7, 11) is 0. The molecule has 0 spiro atoms. The highest BCUT2D eigenvalue weighted by Crippen LogP contribution is 2.49. The Hall–Kier alpha value is -4.82. The molecule has 2 nitrogen and oxygen atoms in total. The van der Waals surface area contributed by atoms with Gasteiger partial charge in [-0.2, -0.15) is 0 Å². The van der Waals surface area contributed by atoms with Crippen molar-refractivity contribution in [3.05, 3.63) is 162 Å². The van der Waals surface area contributed by atoms with Crippen LogP contribution in [0.25, 0.3) is 28.0 Å². The summed E-state index contributed by atoms with van der Waals surface area (Å²) in [5, 5.41) is 0. The van der Waals surface area contributed by atoms with Gasteiger partial charge < -0.3 is 0 Å². The van der Waals surface area contributed by atoms with Crippen LogP contribution in [0.15, 0.2) is 144 Å². The molecule has 0 aromatic heterocycles. The molecule has 0 N–H and O–H groups in total. The van der Waals surface area contributed by atoms with Gasteiger partial charge in [0.1, 0.15) is 0 Å². The Kier molecular flexibility index (Phi) is 7.56. The van der Waals surface area contributed by atoms with E-state index in [0.717, 1.165) is 22.4 Å². The summed E-state index contributed by atoms with van der Waals surface area (Å²) in [4.78, 5) is 9.95. The highest BCUT2D eigenvalue weighted by atomic mass is 14.9. The monoisotopic (exact) mass is 530 g/mol. The van der Waals surface area contributed by atoms with Crippen molar-refractivity contribution in [3.8, 4) is 22.3 Å². The third kappa shape index (κ3) is 5.88. The van der Waals surface area contributed by atoms with Crippen LogP contribution in [0.2, 0.25) is 0 Å². The van der Waals surface area contributed by atoms with Gasteiger partial charge in [-0.15, -0.1) is 0 Å². The minimum absolute atomic E-state index is 0.616. The lowest BCUT2D eigenvalue weighted by molar-refractivity contribution is 1.13. The number of rotatable bonds is 7. The second-order valence-electron chi connectivity index (χ2n) is 10.7. The van der Waals surface area contributed by atoms with Gasteiger partial charge in [0, 0.05) is 11.3 Å². The summed E-state index contributed by atoms with van der Waals surface area (Å²) >= 11 is 0. The van der Waals surface area contributed by atoms with E-state index in [-0.39, 0.29) is 0 Å². The normalized spacial score (nSPS) is 13.7. The number of benzene rings is 5. The molecule has 0 radical (unpaired) electrons. The van der Waals surface area contributed by atoms with E-state index in [1.54, 1.807) is 0 Å². The van der Waals surface area contributed by atoms with Crippen molar-refractivity contribution in [2.24, 2.45) is 9.98 Å². The molecule has 1 aliphatic carbocycles. The molecule has 1 fully saturated rings. The zero-order valence-electron chi connectivity index (χ0n) is 23.7. The predicted molar refractivity (Wildman–Crippen MR) is 175 cm³/mol. The number of amidine groups is 1. The van der Waals surface area contributed by atoms with Crippen molar-refractivity contribution in [3.63, 3.8) is 0 Å². The van der Waals surface area contributed by atoms with Crippen LogP contribution in [-0.4, -0.2) is 11.5 Å². The molecule has 0 aliphatic heterocycles. The molecular formula is C39H34N2. The first-order valence-corrected chi connectivity index (χ1v) is 14.3. The number of aryl methyl sites for hydroxylation is 1. The maximum Gasteiger partial charge on any atom is 0.160 e. The average molecular weight is 531 g/mol. The maximum absolute atomic E-state index is 5.01. The third-order valence-corrected chi connectivity index (χ3v) is 7.79. The van der Waals surface area contributed by atoms with Crippen LogP contribution in [0, 0.1) is 6.92 Å².